The van der Waals surface area contributed by atoms with Crippen molar-refractivity contribution in [2.75, 3.05) is 13.0 Å². The minimum atomic E-state index is -3.44. The summed E-state index contributed by atoms with van der Waals surface area (Å²) >= 11 is 5.59. The van der Waals surface area contributed by atoms with Crippen LogP contribution in [-0.2, 0) is 4.74 Å². The van der Waals surface area contributed by atoms with Crippen molar-refractivity contribution >= 4 is 17.7 Å². The summed E-state index contributed by atoms with van der Waals surface area (Å²) in [6, 6.07) is 0. The van der Waals surface area contributed by atoms with Crippen LogP contribution in [0.2, 0.25) is 0 Å². The van der Waals surface area contributed by atoms with Crippen LogP contribution in [0.1, 0.15) is 45.9 Å². The largest absolute Gasteiger partial charge is 0.444 e. The number of hydrogen-bond acceptors (Lipinski definition) is 2. The number of alkyl halides is 1. The molecule has 0 aromatic rings. The number of halogens is 1. The van der Waals surface area contributed by atoms with Gasteiger partial charge in [-0.15, -0.1) is 11.6 Å². The minimum Gasteiger partial charge on any atom is -0.444 e. The van der Waals surface area contributed by atoms with E-state index in [1.807, 2.05) is 0 Å². The fourth-order valence-electron chi connectivity index (χ4n) is 0.668. The van der Waals surface area contributed by atoms with Gasteiger partial charge in [0.1, 0.15) is 5.60 Å². The SMILES string of the molecule is [2H]C1([2H])N(C(=O)OC(C)(C)C)C([2H])([2H])C([2H])([2H])C([2H])(Cl)C1([2H])[2H]. The summed E-state index contributed by atoms with van der Waals surface area (Å²) in [6.45, 7) is -2.58. The topological polar surface area (TPSA) is 29.5 Å². The van der Waals surface area contributed by atoms with Crippen LogP contribution in [0.15, 0.2) is 0 Å². The van der Waals surface area contributed by atoms with Gasteiger partial charge in [0.25, 0.3) is 0 Å². The van der Waals surface area contributed by atoms with Crippen molar-refractivity contribution in [1.29, 1.82) is 0 Å². The van der Waals surface area contributed by atoms with Gasteiger partial charge in [-0.25, -0.2) is 4.79 Å². The van der Waals surface area contributed by atoms with Gasteiger partial charge in [-0.3, -0.25) is 0 Å². The molecule has 1 rings (SSSR count). The molecule has 14 heavy (non-hydrogen) atoms. The Morgan fingerprint density at radius 1 is 1.57 bits per heavy atom. The van der Waals surface area contributed by atoms with E-state index in [2.05, 4.69) is 0 Å². The van der Waals surface area contributed by atoms with Gasteiger partial charge in [-0.1, -0.05) is 0 Å². The summed E-state index contributed by atoms with van der Waals surface area (Å²) in [7, 11) is 0. The molecule has 0 unspecified atom stereocenters. The van der Waals surface area contributed by atoms with Crippen LogP contribution in [0.25, 0.3) is 0 Å². The van der Waals surface area contributed by atoms with Crippen molar-refractivity contribution in [3.05, 3.63) is 0 Å². The predicted molar refractivity (Wildman–Crippen MR) is 56.7 cm³/mol. The van der Waals surface area contributed by atoms with E-state index in [0.29, 0.717) is 0 Å². The predicted octanol–water partition coefficient (Wildman–Crippen LogP) is 2.62. The highest BCUT2D eigenvalue weighted by Gasteiger charge is 2.25. The van der Waals surface area contributed by atoms with Crippen molar-refractivity contribution in [2.24, 2.45) is 0 Å². The second-order valence-corrected chi connectivity index (χ2v) is 3.98. The van der Waals surface area contributed by atoms with Crippen molar-refractivity contribution < 1.29 is 21.9 Å². The molecule has 0 spiro atoms. The molecule has 1 aliphatic heterocycles. The Balaban J connectivity index is 3.60. The van der Waals surface area contributed by atoms with E-state index >= 15 is 0 Å². The number of likely N-dealkylation sites (tertiary alicyclic amines) is 1. The van der Waals surface area contributed by atoms with Gasteiger partial charge in [-0.05, 0) is 33.5 Å². The third-order valence-electron chi connectivity index (χ3n) is 1.13. The van der Waals surface area contributed by atoms with Crippen molar-refractivity contribution in [3.8, 4) is 0 Å². The molecule has 0 aromatic heterocycles. The lowest BCUT2D eigenvalue weighted by Gasteiger charge is -2.31. The van der Waals surface area contributed by atoms with Gasteiger partial charge >= 0.3 is 6.09 Å². The summed E-state index contributed by atoms with van der Waals surface area (Å²) in [5.41, 5.74) is -1.15. The molecule has 0 aromatic carbocycles. The van der Waals surface area contributed by atoms with Crippen LogP contribution in [0, 0.1) is 0 Å². The molecule has 1 amide bonds. The van der Waals surface area contributed by atoms with E-state index in [1.54, 1.807) is 0 Å². The van der Waals surface area contributed by atoms with Gasteiger partial charge in [0.05, 0.1) is 0 Å². The Hall–Kier alpha value is -0.440. The van der Waals surface area contributed by atoms with Crippen LogP contribution < -0.4 is 0 Å². The molecular formula is C10H18ClNO2. The monoisotopic (exact) mass is 228 g/mol. The molecule has 0 aliphatic carbocycles. The average Bonchev–Trinajstić information content (AvgIpc) is 2.22. The molecule has 1 aliphatic rings. The van der Waals surface area contributed by atoms with E-state index < -0.39 is 42.8 Å². The fourth-order valence-corrected chi connectivity index (χ4v) is 0.753. The molecule has 3 nitrogen and oxygen atoms in total. The number of carbonyl (C=O) groups excluding carboxylic acids is 1. The Bertz CT molecular complexity index is 485. The third kappa shape index (κ3) is 3.74. The zero-order valence-corrected chi connectivity index (χ0v) is 8.90. The highest BCUT2D eigenvalue weighted by molar-refractivity contribution is 6.20. The highest BCUT2D eigenvalue weighted by Crippen LogP contribution is 2.18. The zero-order valence-electron chi connectivity index (χ0n) is 17.1. The second kappa shape index (κ2) is 4.39. The lowest BCUT2D eigenvalue weighted by atomic mass is 10.1. The molecule has 82 valence electrons. The summed E-state index contributed by atoms with van der Waals surface area (Å²) in [5, 5.41) is -3.33. The molecule has 0 bridgehead atoms. The number of carbonyl (C=O) groups is 1. The van der Waals surface area contributed by atoms with Crippen LogP contribution >= 0.6 is 11.6 Å². The van der Waals surface area contributed by atoms with E-state index in [0.717, 1.165) is 0 Å². The van der Waals surface area contributed by atoms with Crippen LogP contribution in [0.4, 0.5) is 4.79 Å². The van der Waals surface area contributed by atoms with E-state index in [1.165, 1.54) is 20.8 Å². The van der Waals surface area contributed by atoms with Crippen LogP contribution in [0.3, 0.4) is 0 Å². The molecule has 4 heteroatoms. The Labute approximate surface area is 103 Å². The maximum atomic E-state index is 12.2. The molecule has 0 atom stereocenters. The number of piperidine rings is 1. The molecule has 0 saturated carbocycles. The Morgan fingerprint density at radius 2 is 2.07 bits per heavy atom. The zero-order chi connectivity index (χ0) is 18.9. The van der Waals surface area contributed by atoms with Crippen molar-refractivity contribution in [2.45, 2.75) is 44.5 Å². The first-order valence-corrected chi connectivity index (χ1v) is 4.35. The van der Waals surface area contributed by atoms with Gasteiger partial charge in [0.15, 0.2) is 0 Å². The summed E-state index contributed by atoms with van der Waals surface area (Å²) < 4.78 is 74.8. The normalized spacial score (nSPS) is 45.7. The van der Waals surface area contributed by atoms with Gasteiger partial charge < -0.3 is 9.64 Å². The quantitative estimate of drug-likeness (QED) is 0.597. The lowest BCUT2D eigenvalue weighted by Crippen LogP contribution is -2.41. The van der Waals surface area contributed by atoms with Crippen molar-refractivity contribution in [3.63, 3.8) is 0 Å². The maximum absolute atomic E-state index is 12.2. The average molecular weight is 229 g/mol. The smallest absolute Gasteiger partial charge is 0.410 e. The highest BCUT2D eigenvalue weighted by atomic mass is 35.5. The van der Waals surface area contributed by atoms with Gasteiger partial charge in [0, 0.05) is 30.7 Å². The molecule has 0 radical (unpaired) electrons. The molecule has 1 heterocycles. The third-order valence-corrected chi connectivity index (χ3v) is 1.32. The molecule has 0 N–H and O–H groups in total. The van der Waals surface area contributed by atoms with Gasteiger partial charge in [-0.2, -0.15) is 0 Å². The fraction of sp³-hybridized carbons (Fsp3) is 0.900. The summed E-state index contributed by atoms with van der Waals surface area (Å²) in [5.74, 6) is 0. The first kappa shape index (κ1) is 4.20. The minimum absolute atomic E-state index is 0.291. The maximum Gasteiger partial charge on any atom is 0.410 e. The van der Waals surface area contributed by atoms with Crippen LogP contribution in [-0.4, -0.2) is 34.9 Å². The standard InChI is InChI=1S/C10H18ClNO2/c1-10(2,3)14-9(13)12-6-4-8(11)5-7-12/h8H,4-7H2,1-3H3/i4D2,5D2,6D2,7D2,8D. The number of ether oxygens (including phenoxy) is 1. The molecule has 1 fully saturated rings. The number of hydrogen-bond donors (Lipinski definition) is 0. The first-order valence-electron chi connectivity index (χ1n) is 8.47. The lowest BCUT2D eigenvalue weighted by molar-refractivity contribution is 0.0218. The second-order valence-electron chi connectivity index (χ2n) is 3.60. The number of amides is 1. The van der Waals surface area contributed by atoms with Gasteiger partial charge in [0.2, 0.25) is 0 Å². The Kier molecular flexibility index (Phi) is 1.32. The molecular weight excluding hydrogens is 202 g/mol. The van der Waals surface area contributed by atoms with E-state index in [4.69, 9.17) is 28.7 Å². The van der Waals surface area contributed by atoms with Crippen LogP contribution in [0.5, 0.6) is 0 Å². The molecule has 1 saturated heterocycles. The van der Waals surface area contributed by atoms with Crippen molar-refractivity contribution in [1.82, 2.24) is 4.90 Å². The van der Waals surface area contributed by atoms with E-state index in [9.17, 15) is 4.79 Å². The first-order chi connectivity index (χ1) is 9.75. The Morgan fingerprint density at radius 3 is 2.50 bits per heavy atom. The number of nitrogens with zero attached hydrogens (tertiary/aromatic N) is 1. The van der Waals surface area contributed by atoms with E-state index in [-0.39, 0.29) is 4.90 Å². The summed E-state index contributed by atoms with van der Waals surface area (Å²) in [6.07, 6.45) is -8.46. The summed E-state index contributed by atoms with van der Waals surface area (Å²) in [4.78, 5) is 11.9. The number of rotatable bonds is 0.